The Balaban J connectivity index is 1.69. The summed E-state index contributed by atoms with van der Waals surface area (Å²) in [6.07, 6.45) is 1.57. The van der Waals surface area contributed by atoms with Crippen LogP contribution in [0, 0.1) is 5.92 Å². The summed E-state index contributed by atoms with van der Waals surface area (Å²) in [7, 11) is 0. The van der Waals surface area contributed by atoms with Gasteiger partial charge < -0.3 is 19.9 Å². The van der Waals surface area contributed by atoms with Gasteiger partial charge in [0.05, 0.1) is 24.6 Å². The third-order valence-corrected chi connectivity index (χ3v) is 4.31. The average Bonchev–Trinajstić information content (AvgIpc) is 2.93. The first-order valence-electron chi connectivity index (χ1n) is 7.59. The molecule has 7 nitrogen and oxygen atoms in total. The Morgan fingerprint density at radius 2 is 2.22 bits per heavy atom. The Bertz CT molecular complexity index is 804. The van der Waals surface area contributed by atoms with E-state index in [1.165, 1.54) is 4.57 Å². The molecule has 0 radical (unpaired) electrons. The topological polar surface area (TPSA) is 85.6 Å². The molecular weight excluding hydrogens is 298 g/mol. The second-order valence-electron chi connectivity index (χ2n) is 5.89. The van der Waals surface area contributed by atoms with Crippen LogP contribution in [0.25, 0.3) is 0 Å². The van der Waals surface area contributed by atoms with Gasteiger partial charge in [0, 0.05) is 0 Å². The molecule has 0 saturated carbocycles. The monoisotopic (exact) mass is 315 g/mol. The molecule has 0 bridgehead atoms. The second-order valence-corrected chi connectivity index (χ2v) is 5.89. The average molecular weight is 315 g/mol. The molecule has 3 heterocycles. The fourth-order valence-electron chi connectivity index (χ4n) is 2.99. The molecule has 3 atom stereocenters. The summed E-state index contributed by atoms with van der Waals surface area (Å²) in [6, 6.07) is 7.46. The van der Waals surface area contributed by atoms with Gasteiger partial charge in [-0.25, -0.2) is 4.79 Å². The van der Waals surface area contributed by atoms with E-state index in [2.05, 4.69) is 10.3 Å². The van der Waals surface area contributed by atoms with Crippen molar-refractivity contribution < 1.29 is 14.6 Å². The van der Waals surface area contributed by atoms with E-state index in [0.717, 1.165) is 5.69 Å². The summed E-state index contributed by atoms with van der Waals surface area (Å²) < 4.78 is 13.0. The van der Waals surface area contributed by atoms with Gasteiger partial charge in [-0.05, 0) is 24.5 Å². The lowest BCUT2D eigenvalue weighted by atomic mass is 10.0. The van der Waals surface area contributed by atoms with Crippen molar-refractivity contribution in [2.24, 2.45) is 5.92 Å². The molecule has 4 rings (SSSR count). The Kier molecular flexibility index (Phi) is 3.32. The maximum absolute atomic E-state index is 12.3. The first-order chi connectivity index (χ1) is 11.2. The molecule has 1 fully saturated rings. The zero-order valence-electron chi connectivity index (χ0n) is 12.6. The summed E-state index contributed by atoms with van der Waals surface area (Å²) in [4.78, 5) is 16.4. The van der Waals surface area contributed by atoms with Crippen LogP contribution in [0.3, 0.4) is 0 Å². The van der Waals surface area contributed by atoms with Gasteiger partial charge in [0.15, 0.2) is 17.3 Å². The minimum atomic E-state index is -0.437. The number of rotatable bonds is 2. The van der Waals surface area contributed by atoms with Gasteiger partial charge in [0.25, 0.3) is 0 Å². The molecular formula is C16H17N3O4. The number of nitrogens with zero attached hydrogens (tertiary/aromatic N) is 2. The van der Waals surface area contributed by atoms with E-state index in [9.17, 15) is 9.90 Å². The lowest BCUT2D eigenvalue weighted by molar-refractivity contribution is -0.0314. The van der Waals surface area contributed by atoms with Gasteiger partial charge in [0.1, 0.15) is 6.23 Å². The number of ether oxygens (including phenoxy) is 2. The highest BCUT2D eigenvalue weighted by molar-refractivity contribution is 5.72. The smallest absolute Gasteiger partial charge is 0.351 e. The molecule has 1 aromatic carbocycles. The highest BCUT2D eigenvalue weighted by Crippen LogP contribution is 2.40. The Hall–Kier alpha value is -2.38. The fraction of sp³-hybridized carbons (Fsp3) is 0.375. The summed E-state index contributed by atoms with van der Waals surface area (Å²) in [5.41, 5.74) is 0.366. The minimum absolute atomic E-state index is 0.0593. The molecule has 0 amide bonds. The predicted octanol–water partition coefficient (Wildman–Crippen LogP) is 2.01. The zero-order valence-corrected chi connectivity index (χ0v) is 12.6. The molecule has 7 heteroatoms. The quantitative estimate of drug-likeness (QED) is 0.752. The van der Waals surface area contributed by atoms with Crippen molar-refractivity contribution in [2.75, 3.05) is 11.9 Å². The van der Waals surface area contributed by atoms with E-state index in [0.29, 0.717) is 23.7 Å². The highest BCUT2D eigenvalue weighted by atomic mass is 16.5. The van der Waals surface area contributed by atoms with Crippen LogP contribution in [0.4, 0.5) is 11.5 Å². The van der Waals surface area contributed by atoms with Crippen molar-refractivity contribution in [1.82, 2.24) is 9.55 Å². The lowest BCUT2D eigenvalue weighted by Gasteiger charge is -2.22. The van der Waals surface area contributed by atoms with Crippen LogP contribution in [0.1, 0.15) is 19.6 Å². The Labute approximate surface area is 132 Å². The number of aliphatic hydroxyl groups excluding tert-OH is 1. The molecule has 120 valence electrons. The number of nitrogens with one attached hydrogen (secondary N) is 1. The number of para-hydroxylation sites is 2. The number of benzene rings is 1. The number of aromatic nitrogens is 2. The highest BCUT2D eigenvalue weighted by Gasteiger charge is 2.34. The number of hydrogen-bond acceptors (Lipinski definition) is 6. The van der Waals surface area contributed by atoms with Crippen molar-refractivity contribution in [3.8, 4) is 11.5 Å². The molecule has 1 saturated heterocycles. The Morgan fingerprint density at radius 1 is 1.39 bits per heavy atom. The van der Waals surface area contributed by atoms with E-state index in [-0.39, 0.29) is 18.6 Å². The Morgan fingerprint density at radius 3 is 3.00 bits per heavy atom. The number of anilines is 2. The predicted molar refractivity (Wildman–Crippen MR) is 83.1 cm³/mol. The molecule has 0 aliphatic carbocycles. The summed E-state index contributed by atoms with van der Waals surface area (Å²) in [6.45, 7) is 1.93. The first-order valence-corrected chi connectivity index (χ1v) is 7.59. The summed E-state index contributed by atoms with van der Waals surface area (Å²) >= 11 is 0. The molecule has 2 aliphatic rings. The van der Waals surface area contributed by atoms with Crippen LogP contribution < -0.4 is 15.7 Å². The van der Waals surface area contributed by atoms with Gasteiger partial charge >= 0.3 is 5.69 Å². The van der Waals surface area contributed by atoms with E-state index in [1.807, 2.05) is 31.2 Å². The van der Waals surface area contributed by atoms with Crippen LogP contribution in [0.15, 0.2) is 35.3 Å². The standard InChI is InChI=1S/C16H17N3O4/c1-9-6-14(23-13(9)8-20)19-7-12-15(18-16(19)21)17-10-4-2-3-5-11(10)22-12/h2-5,7,9,13-14,20H,6,8H2,1H3,(H,17,18,21)/t9-,13?,14-/m1/s1. The minimum Gasteiger partial charge on any atom is -0.450 e. The van der Waals surface area contributed by atoms with Crippen LogP contribution in [0.2, 0.25) is 0 Å². The number of aliphatic hydroxyl groups is 1. The van der Waals surface area contributed by atoms with E-state index < -0.39 is 11.9 Å². The maximum Gasteiger partial charge on any atom is 0.351 e. The van der Waals surface area contributed by atoms with Gasteiger partial charge in [-0.1, -0.05) is 19.1 Å². The molecule has 2 N–H and O–H groups in total. The summed E-state index contributed by atoms with van der Waals surface area (Å²) in [5, 5.41) is 12.4. The van der Waals surface area contributed by atoms with Gasteiger partial charge in [-0.3, -0.25) is 4.57 Å². The third-order valence-electron chi connectivity index (χ3n) is 4.31. The molecule has 1 aromatic heterocycles. The third kappa shape index (κ3) is 2.38. The van der Waals surface area contributed by atoms with Gasteiger partial charge in [0.2, 0.25) is 0 Å². The van der Waals surface area contributed by atoms with Crippen LogP contribution in [-0.2, 0) is 4.74 Å². The van der Waals surface area contributed by atoms with Crippen molar-refractivity contribution in [1.29, 1.82) is 0 Å². The van der Waals surface area contributed by atoms with Crippen LogP contribution in [0.5, 0.6) is 11.5 Å². The largest absolute Gasteiger partial charge is 0.450 e. The van der Waals surface area contributed by atoms with Gasteiger partial charge in [-0.15, -0.1) is 0 Å². The maximum atomic E-state index is 12.3. The van der Waals surface area contributed by atoms with E-state index in [1.54, 1.807) is 6.20 Å². The van der Waals surface area contributed by atoms with Crippen molar-refractivity contribution in [2.45, 2.75) is 25.7 Å². The van der Waals surface area contributed by atoms with Crippen molar-refractivity contribution in [3.63, 3.8) is 0 Å². The molecule has 0 spiro atoms. The number of fused-ring (bicyclic) bond motifs is 2. The van der Waals surface area contributed by atoms with Crippen LogP contribution in [-0.4, -0.2) is 27.4 Å². The second kappa shape index (κ2) is 5.36. The first kappa shape index (κ1) is 14.2. The zero-order chi connectivity index (χ0) is 16.0. The van der Waals surface area contributed by atoms with E-state index >= 15 is 0 Å². The van der Waals surface area contributed by atoms with Gasteiger partial charge in [-0.2, -0.15) is 4.98 Å². The van der Waals surface area contributed by atoms with Crippen molar-refractivity contribution >= 4 is 11.5 Å². The SMILES string of the molecule is C[C@@H]1C[C@H](n2cc3c(nc2=O)Nc2ccccc2O3)OC1CO. The summed E-state index contributed by atoms with van der Waals surface area (Å²) in [5.74, 6) is 1.73. The number of hydrogen-bond donors (Lipinski definition) is 2. The van der Waals surface area contributed by atoms with Crippen molar-refractivity contribution in [3.05, 3.63) is 40.9 Å². The molecule has 1 unspecified atom stereocenters. The molecule has 23 heavy (non-hydrogen) atoms. The normalized spacial score (nSPS) is 25.2. The van der Waals surface area contributed by atoms with E-state index in [4.69, 9.17) is 9.47 Å². The van der Waals surface area contributed by atoms with Crippen LogP contribution >= 0.6 is 0 Å². The fourth-order valence-corrected chi connectivity index (χ4v) is 2.99. The molecule has 2 aliphatic heterocycles. The molecule has 2 aromatic rings. The lowest BCUT2D eigenvalue weighted by Crippen LogP contribution is -2.28.